The van der Waals surface area contributed by atoms with Gasteiger partial charge in [-0.3, -0.25) is 4.79 Å². The van der Waals surface area contributed by atoms with E-state index in [-0.39, 0.29) is 18.2 Å². The van der Waals surface area contributed by atoms with E-state index in [1.807, 2.05) is 13.8 Å². The lowest BCUT2D eigenvalue weighted by Crippen LogP contribution is -2.48. The molecule has 1 rings (SSSR count). The lowest BCUT2D eigenvalue weighted by Gasteiger charge is -2.30. The molecule has 1 atom stereocenters. The van der Waals surface area contributed by atoms with Crippen molar-refractivity contribution in [2.24, 2.45) is 0 Å². The second-order valence-electron chi connectivity index (χ2n) is 3.35. The minimum atomic E-state index is -0.283. The second kappa shape index (κ2) is 5.98. The Labute approximate surface area is 85.0 Å². The molecule has 1 amide bonds. The maximum absolute atomic E-state index is 11.2. The molecule has 0 aliphatic carbocycles. The molecule has 0 aromatic carbocycles. The summed E-state index contributed by atoms with van der Waals surface area (Å²) in [6.07, 6.45) is 2.21. The Morgan fingerprint density at radius 3 is 2.57 bits per heavy atom. The molecule has 0 aromatic rings. The molecule has 0 saturated carbocycles. The lowest BCUT2D eigenvalue weighted by atomic mass is 10.0. The van der Waals surface area contributed by atoms with Crippen molar-refractivity contribution in [3.63, 3.8) is 0 Å². The van der Waals surface area contributed by atoms with E-state index in [1.165, 1.54) is 0 Å². The van der Waals surface area contributed by atoms with Crippen molar-refractivity contribution in [3.8, 4) is 0 Å². The van der Waals surface area contributed by atoms with Gasteiger partial charge in [0.15, 0.2) is 6.29 Å². The molecule has 4 nitrogen and oxygen atoms in total. The zero-order valence-electron chi connectivity index (χ0n) is 8.91. The van der Waals surface area contributed by atoms with Crippen molar-refractivity contribution in [2.45, 2.75) is 45.4 Å². The predicted octanol–water partition coefficient (Wildman–Crippen LogP) is 1.05. The van der Waals surface area contributed by atoms with Gasteiger partial charge in [0, 0.05) is 19.6 Å². The first-order valence-electron chi connectivity index (χ1n) is 5.30. The van der Waals surface area contributed by atoms with Crippen LogP contribution in [0, 0.1) is 0 Å². The van der Waals surface area contributed by atoms with E-state index in [0.29, 0.717) is 19.6 Å². The fourth-order valence-corrected chi connectivity index (χ4v) is 1.65. The van der Waals surface area contributed by atoms with Gasteiger partial charge < -0.3 is 14.8 Å². The topological polar surface area (TPSA) is 47.6 Å². The average Bonchev–Trinajstić information content (AvgIpc) is 2.17. The van der Waals surface area contributed by atoms with Crippen LogP contribution in [-0.2, 0) is 14.3 Å². The maximum Gasteiger partial charge on any atom is 0.220 e. The number of hydrogen-bond acceptors (Lipinski definition) is 3. The molecule has 14 heavy (non-hydrogen) atoms. The molecular formula is C10H19NO3. The van der Waals surface area contributed by atoms with Gasteiger partial charge in [0.2, 0.25) is 5.91 Å². The van der Waals surface area contributed by atoms with Gasteiger partial charge >= 0.3 is 0 Å². The van der Waals surface area contributed by atoms with Crippen LogP contribution in [0.25, 0.3) is 0 Å². The van der Waals surface area contributed by atoms with Crippen LogP contribution in [0.3, 0.4) is 0 Å². The normalized spacial score (nSPS) is 22.5. The number of nitrogens with one attached hydrogen (secondary N) is 1. The summed E-state index contributed by atoms with van der Waals surface area (Å²) >= 11 is 0. The second-order valence-corrected chi connectivity index (χ2v) is 3.35. The Hall–Kier alpha value is -0.610. The molecular weight excluding hydrogens is 182 g/mol. The zero-order valence-corrected chi connectivity index (χ0v) is 8.91. The first-order valence-corrected chi connectivity index (χ1v) is 5.30. The van der Waals surface area contributed by atoms with Gasteiger partial charge in [0.05, 0.1) is 6.04 Å². The Balaban J connectivity index is 2.43. The van der Waals surface area contributed by atoms with Gasteiger partial charge in [-0.1, -0.05) is 0 Å². The van der Waals surface area contributed by atoms with Gasteiger partial charge in [-0.15, -0.1) is 0 Å². The summed E-state index contributed by atoms with van der Waals surface area (Å²) in [6.45, 7) is 5.07. The van der Waals surface area contributed by atoms with Crippen LogP contribution in [0.4, 0.5) is 0 Å². The van der Waals surface area contributed by atoms with E-state index in [4.69, 9.17) is 9.47 Å². The molecule has 1 fully saturated rings. The molecule has 4 heteroatoms. The fourth-order valence-electron chi connectivity index (χ4n) is 1.65. The van der Waals surface area contributed by atoms with E-state index >= 15 is 0 Å². The van der Waals surface area contributed by atoms with Gasteiger partial charge in [-0.05, 0) is 26.7 Å². The lowest BCUT2D eigenvalue weighted by molar-refractivity contribution is -0.162. The van der Waals surface area contributed by atoms with Crippen molar-refractivity contribution in [1.82, 2.24) is 5.32 Å². The SMILES string of the molecule is CCOC(OCC)C1CCCC(=O)N1. The molecule has 1 N–H and O–H groups in total. The Kier molecular flexibility index (Phi) is 4.90. The fraction of sp³-hybridized carbons (Fsp3) is 0.900. The summed E-state index contributed by atoms with van der Waals surface area (Å²) in [5.74, 6) is 0.102. The van der Waals surface area contributed by atoms with Gasteiger partial charge in [0.25, 0.3) is 0 Å². The van der Waals surface area contributed by atoms with Crippen LogP contribution in [0.15, 0.2) is 0 Å². The Bertz CT molecular complexity index is 178. The molecule has 0 spiro atoms. The third-order valence-corrected chi connectivity index (χ3v) is 2.26. The summed E-state index contributed by atoms with van der Waals surface area (Å²) in [6, 6.07) is 0.0242. The number of carbonyl (C=O) groups excluding carboxylic acids is 1. The van der Waals surface area contributed by atoms with Gasteiger partial charge in [0.1, 0.15) is 0 Å². The largest absolute Gasteiger partial charge is 0.351 e. The van der Waals surface area contributed by atoms with Crippen LogP contribution in [0.5, 0.6) is 0 Å². The highest BCUT2D eigenvalue weighted by molar-refractivity contribution is 5.76. The molecule has 1 heterocycles. The number of ether oxygens (including phenoxy) is 2. The summed E-state index contributed by atoms with van der Waals surface area (Å²) < 4.78 is 10.9. The monoisotopic (exact) mass is 201 g/mol. The molecule has 1 aliphatic rings. The first kappa shape index (κ1) is 11.5. The average molecular weight is 201 g/mol. The molecule has 0 aromatic heterocycles. The van der Waals surface area contributed by atoms with Crippen molar-refractivity contribution in [1.29, 1.82) is 0 Å². The number of amides is 1. The quantitative estimate of drug-likeness (QED) is 0.676. The van der Waals surface area contributed by atoms with E-state index in [0.717, 1.165) is 12.8 Å². The Morgan fingerprint density at radius 2 is 2.07 bits per heavy atom. The molecule has 1 aliphatic heterocycles. The summed E-state index contributed by atoms with van der Waals surface area (Å²) in [4.78, 5) is 11.2. The third kappa shape index (κ3) is 3.27. The summed E-state index contributed by atoms with van der Waals surface area (Å²) in [5.41, 5.74) is 0. The third-order valence-electron chi connectivity index (χ3n) is 2.26. The number of carbonyl (C=O) groups is 1. The van der Waals surface area contributed by atoms with Crippen LogP contribution < -0.4 is 5.32 Å². The molecule has 1 saturated heterocycles. The summed E-state index contributed by atoms with van der Waals surface area (Å²) in [5, 5.41) is 2.90. The highest BCUT2D eigenvalue weighted by atomic mass is 16.7. The van der Waals surface area contributed by atoms with Gasteiger partial charge in [-0.2, -0.15) is 0 Å². The first-order chi connectivity index (χ1) is 6.77. The minimum absolute atomic E-state index is 0.0242. The number of hydrogen-bond donors (Lipinski definition) is 1. The van der Waals surface area contributed by atoms with E-state index in [1.54, 1.807) is 0 Å². The standard InChI is InChI=1S/C10H19NO3/c1-3-13-10(14-4-2)8-6-5-7-9(12)11-8/h8,10H,3-7H2,1-2H3,(H,11,12). The van der Waals surface area contributed by atoms with Crippen molar-refractivity contribution in [2.75, 3.05) is 13.2 Å². The van der Waals surface area contributed by atoms with Crippen LogP contribution in [-0.4, -0.2) is 31.5 Å². The van der Waals surface area contributed by atoms with E-state index in [2.05, 4.69) is 5.32 Å². The smallest absolute Gasteiger partial charge is 0.220 e. The van der Waals surface area contributed by atoms with Crippen molar-refractivity contribution < 1.29 is 14.3 Å². The van der Waals surface area contributed by atoms with E-state index < -0.39 is 0 Å². The number of rotatable bonds is 5. The zero-order chi connectivity index (χ0) is 10.4. The molecule has 0 bridgehead atoms. The number of piperidine rings is 1. The van der Waals surface area contributed by atoms with Gasteiger partial charge in [-0.25, -0.2) is 0 Å². The molecule has 0 radical (unpaired) electrons. The molecule has 1 unspecified atom stereocenters. The highest BCUT2D eigenvalue weighted by Gasteiger charge is 2.27. The van der Waals surface area contributed by atoms with Crippen LogP contribution >= 0.6 is 0 Å². The Morgan fingerprint density at radius 1 is 1.43 bits per heavy atom. The van der Waals surface area contributed by atoms with E-state index in [9.17, 15) is 4.79 Å². The van der Waals surface area contributed by atoms with Crippen LogP contribution in [0.2, 0.25) is 0 Å². The van der Waals surface area contributed by atoms with Crippen LogP contribution in [0.1, 0.15) is 33.1 Å². The maximum atomic E-state index is 11.2. The predicted molar refractivity (Wildman–Crippen MR) is 52.8 cm³/mol. The van der Waals surface area contributed by atoms with Crippen molar-refractivity contribution >= 4 is 5.91 Å². The van der Waals surface area contributed by atoms with Crippen molar-refractivity contribution in [3.05, 3.63) is 0 Å². The highest BCUT2D eigenvalue weighted by Crippen LogP contribution is 2.14. The summed E-state index contributed by atoms with van der Waals surface area (Å²) in [7, 11) is 0. The minimum Gasteiger partial charge on any atom is -0.351 e. The molecule has 82 valence electrons.